The van der Waals surface area contributed by atoms with Crippen LogP contribution in [0.5, 0.6) is 0 Å². The van der Waals surface area contributed by atoms with Gasteiger partial charge in [0.1, 0.15) is 5.02 Å². The highest BCUT2D eigenvalue weighted by Crippen LogP contribution is 2.31. The molecule has 0 aliphatic carbocycles. The van der Waals surface area contributed by atoms with Crippen LogP contribution >= 0.6 is 11.6 Å². The van der Waals surface area contributed by atoms with Crippen LogP contribution in [0.25, 0.3) is 0 Å². The molecule has 1 unspecified atom stereocenters. The monoisotopic (exact) mass is 411 g/mol. The van der Waals surface area contributed by atoms with Gasteiger partial charge in [0, 0.05) is 24.0 Å². The van der Waals surface area contributed by atoms with Gasteiger partial charge in [0.25, 0.3) is 0 Å². The van der Waals surface area contributed by atoms with Crippen molar-refractivity contribution in [1.82, 2.24) is 25.5 Å². The zero-order chi connectivity index (χ0) is 20.4. The van der Waals surface area contributed by atoms with Crippen molar-refractivity contribution in [2.75, 3.05) is 23.7 Å². The summed E-state index contributed by atoms with van der Waals surface area (Å²) in [6.07, 6.45) is 4.05. The lowest BCUT2D eigenvalue weighted by molar-refractivity contribution is 0.460. The zero-order valence-electron chi connectivity index (χ0n) is 16.9. The van der Waals surface area contributed by atoms with Crippen molar-refractivity contribution in [1.29, 1.82) is 0 Å². The number of aryl methyl sites for hydroxylation is 3. The Balaban J connectivity index is 1.55. The van der Waals surface area contributed by atoms with Gasteiger partial charge >= 0.3 is 0 Å². The molecule has 0 amide bonds. The van der Waals surface area contributed by atoms with Crippen molar-refractivity contribution < 1.29 is 0 Å². The first-order chi connectivity index (χ1) is 14.0. The summed E-state index contributed by atoms with van der Waals surface area (Å²) >= 11 is 6.26. The number of aromatic nitrogens is 4. The summed E-state index contributed by atoms with van der Waals surface area (Å²) < 4.78 is 0. The lowest BCUT2D eigenvalue weighted by Gasteiger charge is -2.25. The third-order valence-corrected chi connectivity index (χ3v) is 5.57. The molecule has 1 fully saturated rings. The molecule has 0 saturated carbocycles. The minimum atomic E-state index is 0.434. The van der Waals surface area contributed by atoms with Gasteiger partial charge in [-0.3, -0.25) is 5.10 Å². The average Bonchev–Trinajstić information content (AvgIpc) is 3.12. The number of H-pyrrole nitrogens is 1. The number of benzene rings is 1. The van der Waals surface area contributed by atoms with Crippen LogP contribution in [0, 0.1) is 20.8 Å². The van der Waals surface area contributed by atoms with Crippen molar-refractivity contribution in [2.45, 2.75) is 39.5 Å². The first kappa shape index (κ1) is 19.7. The van der Waals surface area contributed by atoms with Gasteiger partial charge in [-0.2, -0.15) is 10.1 Å². The van der Waals surface area contributed by atoms with Gasteiger partial charge in [-0.05, 0) is 68.8 Å². The molecule has 4 rings (SSSR count). The van der Waals surface area contributed by atoms with Gasteiger partial charge in [0.15, 0.2) is 11.6 Å². The molecule has 1 aliphatic heterocycles. The van der Waals surface area contributed by atoms with Gasteiger partial charge in [0.05, 0.1) is 6.20 Å². The van der Waals surface area contributed by atoms with Crippen LogP contribution in [0.15, 0.2) is 24.4 Å². The number of piperidine rings is 1. The van der Waals surface area contributed by atoms with Crippen LogP contribution in [0.3, 0.4) is 0 Å². The van der Waals surface area contributed by atoms with Crippen molar-refractivity contribution in [3.63, 3.8) is 0 Å². The van der Waals surface area contributed by atoms with Crippen LogP contribution < -0.4 is 16.0 Å². The van der Waals surface area contributed by atoms with Crippen molar-refractivity contribution in [2.24, 2.45) is 0 Å². The normalized spacial score (nSPS) is 16.6. The van der Waals surface area contributed by atoms with E-state index < -0.39 is 0 Å². The molecule has 3 heterocycles. The Labute approximate surface area is 175 Å². The predicted octanol–water partition coefficient (Wildman–Crippen LogP) is 4.73. The van der Waals surface area contributed by atoms with E-state index >= 15 is 0 Å². The minimum absolute atomic E-state index is 0.434. The Morgan fingerprint density at radius 3 is 2.69 bits per heavy atom. The quantitative estimate of drug-likeness (QED) is 0.485. The van der Waals surface area contributed by atoms with Crippen molar-refractivity contribution in [3.05, 3.63) is 51.8 Å². The first-order valence-corrected chi connectivity index (χ1v) is 10.3. The first-order valence-electron chi connectivity index (χ1n) is 9.90. The van der Waals surface area contributed by atoms with Crippen LogP contribution in [0.4, 0.5) is 23.3 Å². The maximum absolute atomic E-state index is 6.26. The highest BCUT2D eigenvalue weighted by atomic mass is 35.5. The number of rotatable bonds is 5. The van der Waals surface area contributed by atoms with E-state index in [1.807, 2.05) is 13.0 Å². The second kappa shape index (κ2) is 8.39. The molecule has 0 bridgehead atoms. The number of anilines is 4. The predicted molar refractivity (Wildman–Crippen MR) is 118 cm³/mol. The fourth-order valence-electron chi connectivity index (χ4n) is 3.77. The van der Waals surface area contributed by atoms with Gasteiger partial charge in [-0.1, -0.05) is 17.7 Å². The van der Waals surface area contributed by atoms with E-state index in [0.29, 0.717) is 28.5 Å². The Morgan fingerprint density at radius 2 is 1.97 bits per heavy atom. The largest absolute Gasteiger partial charge is 0.324 e. The van der Waals surface area contributed by atoms with E-state index in [0.717, 1.165) is 24.5 Å². The number of aromatic amines is 1. The molecule has 3 aromatic rings. The van der Waals surface area contributed by atoms with E-state index in [1.165, 1.54) is 29.5 Å². The minimum Gasteiger partial charge on any atom is -0.324 e. The fraction of sp³-hybridized carbons (Fsp3) is 0.381. The van der Waals surface area contributed by atoms with Gasteiger partial charge < -0.3 is 16.0 Å². The van der Waals surface area contributed by atoms with Gasteiger partial charge in [0.2, 0.25) is 5.95 Å². The maximum Gasteiger partial charge on any atom is 0.229 e. The van der Waals surface area contributed by atoms with Crippen LogP contribution in [0.1, 0.15) is 41.1 Å². The standard InChI is InChI=1S/C21H26ClN7/c1-12-8-18(13(2)7-16(12)15-5-4-6-23-10-15)25-21-24-11-17(22)20(27-21)26-19-9-14(3)28-29-19/h7-9,11,15,23H,4-6,10H2,1-3H3,(H3,24,25,26,27,28,29). The lowest BCUT2D eigenvalue weighted by Crippen LogP contribution is -2.28. The number of halogens is 1. The molecule has 152 valence electrons. The van der Waals surface area contributed by atoms with Crippen LogP contribution in [-0.4, -0.2) is 33.3 Å². The van der Waals surface area contributed by atoms with E-state index in [2.05, 4.69) is 62.1 Å². The smallest absolute Gasteiger partial charge is 0.229 e. The fourth-order valence-corrected chi connectivity index (χ4v) is 3.91. The zero-order valence-corrected chi connectivity index (χ0v) is 17.7. The number of nitrogens with zero attached hydrogens (tertiary/aromatic N) is 3. The van der Waals surface area contributed by atoms with E-state index in [1.54, 1.807) is 6.20 Å². The topological polar surface area (TPSA) is 90.6 Å². The maximum atomic E-state index is 6.26. The number of hydrogen-bond donors (Lipinski definition) is 4. The molecule has 0 spiro atoms. The summed E-state index contributed by atoms with van der Waals surface area (Å²) in [5.74, 6) is 2.23. The molecule has 8 heteroatoms. The number of nitrogens with one attached hydrogen (secondary N) is 4. The van der Waals surface area contributed by atoms with Crippen LogP contribution in [0.2, 0.25) is 5.02 Å². The molecule has 29 heavy (non-hydrogen) atoms. The highest BCUT2D eigenvalue weighted by molar-refractivity contribution is 6.32. The second-order valence-electron chi connectivity index (χ2n) is 7.64. The van der Waals surface area contributed by atoms with Crippen LogP contribution in [-0.2, 0) is 0 Å². The van der Waals surface area contributed by atoms with E-state index in [-0.39, 0.29) is 0 Å². The molecule has 7 nitrogen and oxygen atoms in total. The Kier molecular flexibility index (Phi) is 5.69. The molecule has 1 aliphatic rings. The SMILES string of the molecule is Cc1cc(Nc2nc(Nc3cc(C)c(C4CCCNC4)cc3C)ncc2Cl)n[nH]1. The Bertz CT molecular complexity index is 1010. The molecular formula is C21H26ClN7. The number of hydrogen-bond acceptors (Lipinski definition) is 6. The summed E-state index contributed by atoms with van der Waals surface area (Å²) in [6, 6.07) is 6.36. The van der Waals surface area contributed by atoms with E-state index in [9.17, 15) is 0 Å². The summed E-state index contributed by atoms with van der Waals surface area (Å²) in [7, 11) is 0. The second-order valence-corrected chi connectivity index (χ2v) is 8.05. The summed E-state index contributed by atoms with van der Waals surface area (Å²) in [4.78, 5) is 8.86. The molecule has 0 radical (unpaired) electrons. The van der Waals surface area contributed by atoms with Gasteiger partial charge in [-0.15, -0.1) is 0 Å². The lowest BCUT2D eigenvalue weighted by atomic mass is 9.87. The van der Waals surface area contributed by atoms with E-state index in [4.69, 9.17) is 11.6 Å². The third-order valence-electron chi connectivity index (χ3n) is 5.29. The molecular weight excluding hydrogens is 386 g/mol. The summed E-state index contributed by atoms with van der Waals surface area (Å²) in [5.41, 5.74) is 5.83. The molecule has 2 aromatic heterocycles. The Morgan fingerprint density at radius 1 is 1.10 bits per heavy atom. The summed E-state index contributed by atoms with van der Waals surface area (Å²) in [6.45, 7) is 8.39. The summed E-state index contributed by atoms with van der Waals surface area (Å²) in [5, 5.41) is 17.5. The molecule has 4 N–H and O–H groups in total. The molecule has 1 atom stereocenters. The van der Waals surface area contributed by atoms with Crippen molar-refractivity contribution in [3.8, 4) is 0 Å². The third kappa shape index (κ3) is 4.52. The van der Waals surface area contributed by atoms with Crippen molar-refractivity contribution >= 4 is 34.9 Å². The Hall–Kier alpha value is -2.64. The molecule has 1 saturated heterocycles. The molecule has 1 aromatic carbocycles. The highest BCUT2D eigenvalue weighted by Gasteiger charge is 2.18. The van der Waals surface area contributed by atoms with Gasteiger partial charge in [-0.25, -0.2) is 4.98 Å². The average molecular weight is 412 g/mol.